The molecule has 2 N–H and O–H groups in total. The second-order valence-electron chi connectivity index (χ2n) is 5.04. The molecule has 1 aliphatic rings. The normalized spacial score (nSPS) is 15.5. The summed E-state index contributed by atoms with van der Waals surface area (Å²) in [6, 6.07) is 6.16. The third-order valence-electron chi connectivity index (χ3n) is 3.76. The van der Waals surface area contributed by atoms with Crippen LogP contribution in [0.1, 0.15) is 23.3 Å². The van der Waals surface area contributed by atoms with Gasteiger partial charge in [-0.3, -0.25) is 9.89 Å². The number of carbonyl (C=O) groups is 1. The lowest BCUT2D eigenvalue weighted by Gasteiger charge is -2.31. The second kappa shape index (κ2) is 7.06. The van der Waals surface area contributed by atoms with Gasteiger partial charge in [0.2, 0.25) is 0 Å². The number of hydrogen-bond acceptors (Lipinski definition) is 4. The predicted molar refractivity (Wildman–Crippen MR) is 87.1 cm³/mol. The molecule has 0 spiro atoms. The van der Waals surface area contributed by atoms with Crippen LogP contribution in [0.4, 0.5) is 0 Å². The number of aromatic nitrogens is 2. The fourth-order valence-electron chi connectivity index (χ4n) is 2.53. The average Bonchev–Trinajstić information content (AvgIpc) is 3.17. The molecule has 1 saturated heterocycles. The lowest BCUT2D eigenvalue weighted by molar-refractivity contribution is 0.0697. The Labute approximate surface area is 134 Å². The van der Waals surface area contributed by atoms with E-state index in [0.717, 1.165) is 36.5 Å². The first-order valence-corrected chi connectivity index (χ1v) is 7.71. The van der Waals surface area contributed by atoms with E-state index in [1.165, 1.54) is 0 Å². The maximum Gasteiger partial charge on any atom is 0.274 e. The van der Waals surface area contributed by atoms with Crippen molar-refractivity contribution in [2.75, 3.05) is 20.1 Å². The monoisotopic (exact) mass is 326 g/mol. The molecule has 0 saturated carbocycles. The summed E-state index contributed by atoms with van der Waals surface area (Å²) in [5.74, 6) is -0.00374. The molecule has 0 radical (unpaired) electrons. The molecular formula is C14H19ClN4OS. The quantitative estimate of drug-likeness (QED) is 0.910. The highest BCUT2D eigenvalue weighted by Crippen LogP contribution is 2.23. The number of carbonyl (C=O) groups excluding carboxylic acids is 1. The van der Waals surface area contributed by atoms with E-state index in [9.17, 15) is 4.79 Å². The van der Waals surface area contributed by atoms with Gasteiger partial charge in [0.05, 0.1) is 10.6 Å². The van der Waals surface area contributed by atoms with Crippen LogP contribution in [0.25, 0.3) is 10.6 Å². The molecule has 0 aliphatic carbocycles. The largest absolute Gasteiger partial charge is 0.337 e. The van der Waals surface area contributed by atoms with E-state index in [1.807, 2.05) is 35.5 Å². The fraction of sp³-hybridized carbons (Fsp3) is 0.429. The number of nitrogens with zero attached hydrogens (tertiary/aromatic N) is 2. The van der Waals surface area contributed by atoms with E-state index >= 15 is 0 Å². The van der Waals surface area contributed by atoms with Crippen molar-refractivity contribution in [1.29, 1.82) is 0 Å². The minimum atomic E-state index is -0.00374. The number of rotatable bonds is 3. The first-order chi connectivity index (χ1) is 9.75. The van der Waals surface area contributed by atoms with Gasteiger partial charge >= 0.3 is 0 Å². The highest BCUT2D eigenvalue weighted by molar-refractivity contribution is 7.13. The van der Waals surface area contributed by atoms with Crippen LogP contribution in [0.15, 0.2) is 23.6 Å². The molecule has 3 heterocycles. The van der Waals surface area contributed by atoms with Gasteiger partial charge in [0.25, 0.3) is 5.91 Å². The number of hydrogen-bond donors (Lipinski definition) is 2. The number of nitrogens with one attached hydrogen (secondary N) is 2. The Bertz CT molecular complexity index is 578. The maximum atomic E-state index is 12.5. The Morgan fingerprint density at radius 3 is 2.86 bits per heavy atom. The third-order valence-corrected chi connectivity index (χ3v) is 4.66. The Balaban J connectivity index is 0.00000161. The molecule has 0 unspecified atom stereocenters. The van der Waals surface area contributed by atoms with Gasteiger partial charge in [-0.1, -0.05) is 6.07 Å². The summed E-state index contributed by atoms with van der Waals surface area (Å²) in [7, 11) is 1.87. The van der Waals surface area contributed by atoms with Crippen LogP contribution in [-0.4, -0.2) is 47.2 Å². The molecule has 3 rings (SSSR count). The van der Waals surface area contributed by atoms with Crippen molar-refractivity contribution in [3.63, 3.8) is 0 Å². The first kappa shape index (κ1) is 16.0. The van der Waals surface area contributed by atoms with Crippen LogP contribution in [0.2, 0.25) is 0 Å². The van der Waals surface area contributed by atoms with Gasteiger partial charge in [-0.2, -0.15) is 5.10 Å². The van der Waals surface area contributed by atoms with Crippen molar-refractivity contribution in [2.45, 2.75) is 18.9 Å². The van der Waals surface area contributed by atoms with Gasteiger partial charge in [0.15, 0.2) is 5.69 Å². The smallest absolute Gasteiger partial charge is 0.274 e. The van der Waals surface area contributed by atoms with E-state index < -0.39 is 0 Å². The molecule has 1 fully saturated rings. The van der Waals surface area contributed by atoms with Gasteiger partial charge in [-0.05, 0) is 43.4 Å². The van der Waals surface area contributed by atoms with E-state index in [-0.39, 0.29) is 18.3 Å². The molecule has 2 aromatic rings. The third kappa shape index (κ3) is 3.45. The van der Waals surface area contributed by atoms with Crippen molar-refractivity contribution in [1.82, 2.24) is 20.4 Å². The van der Waals surface area contributed by atoms with Crippen molar-refractivity contribution in [3.8, 4) is 10.6 Å². The summed E-state index contributed by atoms with van der Waals surface area (Å²) in [4.78, 5) is 15.4. The molecule has 0 bridgehead atoms. The molecule has 7 heteroatoms. The predicted octanol–water partition coefficient (Wildman–Crippen LogP) is 2.38. The number of halogens is 1. The number of H-pyrrole nitrogens is 1. The molecule has 1 aliphatic heterocycles. The second-order valence-corrected chi connectivity index (χ2v) is 5.99. The zero-order chi connectivity index (χ0) is 13.9. The Morgan fingerprint density at radius 1 is 1.43 bits per heavy atom. The van der Waals surface area contributed by atoms with Crippen LogP contribution in [0.5, 0.6) is 0 Å². The van der Waals surface area contributed by atoms with Crippen LogP contribution in [-0.2, 0) is 0 Å². The van der Waals surface area contributed by atoms with Gasteiger partial charge in [0, 0.05) is 13.1 Å². The number of amides is 1. The zero-order valence-electron chi connectivity index (χ0n) is 11.8. The van der Waals surface area contributed by atoms with Gasteiger partial charge in [0.1, 0.15) is 0 Å². The summed E-state index contributed by atoms with van der Waals surface area (Å²) in [5, 5.41) is 12.4. The first-order valence-electron chi connectivity index (χ1n) is 6.83. The van der Waals surface area contributed by atoms with Crippen molar-refractivity contribution in [2.24, 2.45) is 0 Å². The van der Waals surface area contributed by atoms with Gasteiger partial charge < -0.3 is 10.2 Å². The standard InChI is InChI=1S/C14H18N4OS.ClH/c1-18(10-4-6-15-7-5-10)14(19)12-9-11(16-17-12)13-3-2-8-20-13;/h2-3,8-10,15H,4-7H2,1H3,(H,16,17);1H. The van der Waals surface area contributed by atoms with Gasteiger partial charge in [-0.15, -0.1) is 23.7 Å². The number of piperidine rings is 1. The molecule has 114 valence electrons. The highest BCUT2D eigenvalue weighted by Gasteiger charge is 2.24. The van der Waals surface area contributed by atoms with E-state index in [2.05, 4.69) is 15.5 Å². The van der Waals surface area contributed by atoms with Crippen LogP contribution in [0, 0.1) is 0 Å². The lowest BCUT2D eigenvalue weighted by Crippen LogP contribution is -2.44. The minimum Gasteiger partial charge on any atom is -0.337 e. The highest BCUT2D eigenvalue weighted by atomic mass is 35.5. The Kier molecular flexibility index (Phi) is 5.39. The molecule has 2 aromatic heterocycles. The summed E-state index contributed by atoms with van der Waals surface area (Å²) >= 11 is 1.63. The van der Waals surface area contributed by atoms with E-state index in [1.54, 1.807) is 11.3 Å². The van der Waals surface area contributed by atoms with Crippen LogP contribution < -0.4 is 5.32 Å². The summed E-state index contributed by atoms with van der Waals surface area (Å²) in [6.07, 6.45) is 2.01. The van der Waals surface area contributed by atoms with E-state index in [0.29, 0.717) is 11.7 Å². The van der Waals surface area contributed by atoms with Crippen molar-refractivity contribution < 1.29 is 4.79 Å². The van der Waals surface area contributed by atoms with Crippen LogP contribution in [0.3, 0.4) is 0 Å². The Morgan fingerprint density at radius 2 is 2.19 bits per heavy atom. The average molecular weight is 327 g/mol. The zero-order valence-corrected chi connectivity index (χ0v) is 13.5. The maximum absolute atomic E-state index is 12.5. The number of thiophene rings is 1. The van der Waals surface area contributed by atoms with Crippen molar-refractivity contribution in [3.05, 3.63) is 29.3 Å². The SMILES string of the molecule is CN(C(=O)c1cc(-c2cccs2)[nH]n1)C1CCNCC1.Cl. The molecule has 5 nitrogen and oxygen atoms in total. The molecule has 21 heavy (non-hydrogen) atoms. The molecule has 0 atom stereocenters. The molecular weight excluding hydrogens is 308 g/mol. The fourth-order valence-corrected chi connectivity index (χ4v) is 3.22. The van der Waals surface area contributed by atoms with Crippen molar-refractivity contribution >= 4 is 29.7 Å². The topological polar surface area (TPSA) is 61.0 Å². The van der Waals surface area contributed by atoms with Crippen LogP contribution >= 0.6 is 23.7 Å². The molecule has 1 amide bonds. The Hall–Kier alpha value is -1.37. The lowest BCUT2D eigenvalue weighted by atomic mass is 10.1. The minimum absolute atomic E-state index is 0. The summed E-state index contributed by atoms with van der Waals surface area (Å²) in [5.41, 5.74) is 1.40. The summed E-state index contributed by atoms with van der Waals surface area (Å²) in [6.45, 7) is 1.95. The summed E-state index contributed by atoms with van der Waals surface area (Å²) < 4.78 is 0. The van der Waals surface area contributed by atoms with E-state index in [4.69, 9.17) is 0 Å². The molecule has 0 aromatic carbocycles. The number of aromatic amines is 1. The van der Waals surface area contributed by atoms with Gasteiger partial charge in [-0.25, -0.2) is 0 Å².